The lowest BCUT2D eigenvalue weighted by molar-refractivity contribution is -0.137. The molecule has 0 aliphatic carbocycles. The number of piperazine rings is 1. The lowest BCUT2D eigenvalue weighted by Crippen LogP contribution is -2.53. The number of carboxylic acid groups (broad SMARTS) is 1. The second-order valence-electron chi connectivity index (χ2n) is 5.14. The van der Waals surface area contributed by atoms with Crippen LogP contribution >= 0.6 is 0 Å². The van der Waals surface area contributed by atoms with E-state index in [1.165, 1.54) is 0 Å². The maximum absolute atomic E-state index is 10.4. The summed E-state index contributed by atoms with van der Waals surface area (Å²) in [5.41, 5.74) is 0.235. The average Bonchev–Trinajstić information content (AvgIpc) is 2.14. The average molecular weight is 214 g/mol. The molecule has 1 N–H and O–H groups in total. The van der Waals surface area contributed by atoms with E-state index in [4.69, 9.17) is 5.11 Å². The van der Waals surface area contributed by atoms with E-state index in [1.807, 2.05) is 0 Å². The summed E-state index contributed by atoms with van der Waals surface area (Å²) in [6.07, 6.45) is 0.259. The van der Waals surface area contributed by atoms with Crippen LogP contribution in [0.5, 0.6) is 0 Å². The molecule has 0 aromatic carbocycles. The van der Waals surface area contributed by atoms with Gasteiger partial charge in [-0.2, -0.15) is 0 Å². The van der Waals surface area contributed by atoms with Crippen molar-refractivity contribution in [3.8, 4) is 0 Å². The standard InChI is InChI=1S/C11H22N2O2/c1-11(2,3)13-8-6-12(7-9-13)5-4-10(14)15/h4-9H2,1-3H3,(H,14,15). The number of carboxylic acids is 1. The molecule has 0 spiro atoms. The fourth-order valence-electron chi connectivity index (χ4n) is 1.90. The quantitative estimate of drug-likeness (QED) is 0.757. The fraction of sp³-hybridized carbons (Fsp3) is 0.909. The van der Waals surface area contributed by atoms with Gasteiger partial charge in [0.2, 0.25) is 0 Å². The molecule has 0 amide bonds. The third-order valence-electron chi connectivity index (χ3n) is 2.96. The maximum Gasteiger partial charge on any atom is 0.304 e. The van der Waals surface area contributed by atoms with Crippen LogP contribution in [0.2, 0.25) is 0 Å². The molecule has 15 heavy (non-hydrogen) atoms. The first kappa shape index (κ1) is 12.5. The molecule has 1 saturated heterocycles. The van der Waals surface area contributed by atoms with Crippen molar-refractivity contribution < 1.29 is 9.90 Å². The van der Waals surface area contributed by atoms with Gasteiger partial charge in [-0.05, 0) is 20.8 Å². The first-order chi connectivity index (χ1) is 6.89. The van der Waals surface area contributed by atoms with Crippen LogP contribution in [0.3, 0.4) is 0 Å². The smallest absolute Gasteiger partial charge is 0.304 e. The van der Waals surface area contributed by atoms with E-state index in [0.717, 1.165) is 26.2 Å². The molecule has 0 atom stereocenters. The van der Waals surface area contributed by atoms with E-state index in [9.17, 15) is 4.79 Å². The molecular weight excluding hydrogens is 192 g/mol. The summed E-state index contributed by atoms with van der Waals surface area (Å²) < 4.78 is 0. The number of nitrogens with zero attached hydrogens (tertiary/aromatic N) is 2. The molecule has 0 bridgehead atoms. The molecule has 1 heterocycles. The lowest BCUT2D eigenvalue weighted by atomic mass is 10.0. The van der Waals surface area contributed by atoms with Gasteiger partial charge >= 0.3 is 5.97 Å². The Balaban J connectivity index is 2.27. The molecule has 4 nitrogen and oxygen atoms in total. The minimum absolute atomic E-state index is 0.235. The van der Waals surface area contributed by atoms with Crippen LogP contribution in [-0.4, -0.2) is 59.1 Å². The zero-order valence-corrected chi connectivity index (χ0v) is 9.99. The fourth-order valence-corrected chi connectivity index (χ4v) is 1.90. The van der Waals surface area contributed by atoms with Gasteiger partial charge in [-0.25, -0.2) is 0 Å². The summed E-state index contributed by atoms with van der Waals surface area (Å²) in [5.74, 6) is -0.701. The molecule has 1 aliphatic rings. The van der Waals surface area contributed by atoms with Gasteiger partial charge in [0.25, 0.3) is 0 Å². The van der Waals surface area contributed by atoms with Crippen LogP contribution in [0.1, 0.15) is 27.2 Å². The molecule has 0 aromatic heterocycles. The lowest BCUT2D eigenvalue weighted by Gasteiger charge is -2.42. The zero-order valence-electron chi connectivity index (χ0n) is 9.99. The Morgan fingerprint density at radius 1 is 1.20 bits per heavy atom. The van der Waals surface area contributed by atoms with Gasteiger partial charge in [0.15, 0.2) is 0 Å². The minimum atomic E-state index is -0.701. The molecule has 0 aromatic rings. The number of carbonyl (C=O) groups is 1. The Morgan fingerprint density at radius 3 is 2.13 bits per heavy atom. The Morgan fingerprint density at radius 2 is 1.73 bits per heavy atom. The van der Waals surface area contributed by atoms with Crippen molar-refractivity contribution >= 4 is 5.97 Å². The van der Waals surface area contributed by atoms with Crippen molar-refractivity contribution in [1.29, 1.82) is 0 Å². The van der Waals surface area contributed by atoms with Crippen LogP contribution in [0.25, 0.3) is 0 Å². The van der Waals surface area contributed by atoms with Gasteiger partial charge in [-0.1, -0.05) is 0 Å². The SMILES string of the molecule is CC(C)(C)N1CCN(CCC(=O)O)CC1. The molecule has 88 valence electrons. The van der Waals surface area contributed by atoms with E-state index >= 15 is 0 Å². The summed E-state index contributed by atoms with van der Waals surface area (Å²) >= 11 is 0. The highest BCUT2D eigenvalue weighted by Crippen LogP contribution is 2.15. The predicted molar refractivity (Wildman–Crippen MR) is 60.0 cm³/mol. The van der Waals surface area contributed by atoms with Crippen molar-refractivity contribution in [2.75, 3.05) is 32.7 Å². The highest BCUT2D eigenvalue weighted by Gasteiger charge is 2.25. The summed E-state index contributed by atoms with van der Waals surface area (Å²) in [5, 5.41) is 8.59. The largest absolute Gasteiger partial charge is 0.481 e. The van der Waals surface area contributed by atoms with Crippen LogP contribution in [0.15, 0.2) is 0 Å². The van der Waals surface area contributed by atoms with Gasteiger partial charge in [0, 0.05) is 38.3 Å². The highest BCUT2D eigenvalue weighted by atomic mass is 16.4. The number of aliphatic carboxylic acids is 1. The summed E-state index contributed by atoms with van der Waals surface area (Å²) in [6, 6.07) is 0. The van der Waals surface area contributed by atoms with Crippen LogP contribution in [0, 0.1) is 0 Å². The Labute approximate surface area is 91.9 Å². The third-order valence-corrected chi connectivity index (χ3v) is 2.96. The normalized spacial score (nSPS) is 20.5. The van der Waals surface area contributed by atoms with Crippen molar-refractivity contribution in [2.45, 2.75) is 32.7 Å². The van der Waals surface area contributed by atoms with Crippen LogP contribution < -0.4 is 0 Å². The maximum atomic E-state index is 10.4. The number of hydrogen-bond donors (Lipinski definition) is 1. The number of rotatable bonds is 3. The Bertz CT molecular complexity index is 215. The zero-order chi connectivity index (χ0) is 11.5. The molecule has 1 rings (SSSR count). The molecule has 1 fully saturated rings. The molecule has 0 saturated carbocycles. The first-order valence-electron chi connectivity index (χ1n) is 5.59. The van der Waals surface area contributed by atoms with E-state index in [1.54, 1.807) is 0 Å². The van der Waals surface area contributed by atoms with Crippen molar-refractivity contribution in [1.82, 2.24) is 9.80 Å². The monoisotopic (exact) mass is 214 g/mol. The first-order valence-corrected chi connectivity index (χ1v) is 5.59. The molecular formula is C11H22N2O2. The van der Waals surface area contributed by atoms with Gasteiger partial charge < -0.3 is 10.0 Å². The second-order valence-corrected chi connectivity index (χ2v) is 5.14. The van der Waals surface area contributed by atoms with Gasteiger partial charge in [0.1, 0.15) is 0 Å². The van der Waals surface area contributed by atoms with E-state index < -0.39 is 5.97 Å². The Hall–Kier alpha value is -0.610. The second kappa shape index (κ2) is 4.94. The predicted octanol–water partition coefficient (Wildman–Crippen LogP) is 0.877. The highest BCUT2D eigenvalue weighted by molar-refractivity contribution is 5.66. The van der Waals surface area contributed by atoms with Crippen molar-refractivity contribution in [3.05, 3.63) is 0 Å². The summed E-state index contributed by atoms with van der Waals surface area (Å²) in [6.45, 7) is 11.4. The minimum Gasteiger partial charge on any atom is -0.481 e. The van der Waals surface area contributed by atoms with Crippen LogP contribution in [-0.2, 0) is 4.79 Å². The van der Waals surface area contributed by atoms with E-state index in [0.29, 0.717) is 6.54 Å². The summed E-state index contributed by atoms with van der Waals surface area (Å²) in [4.78, 5) is 15.1. The number of hydrogen-bond acceptors (Lipinski definition) is 3. The van der Waals surface area contributed by atoms with Crippen molar-refractivity contribution in [2.24, 2.45) is 0 Å². The van der Waals surface area contributed by atoms with E-state index in [-0.39, 0.29) is 12.0 Å². The van der Waals surface area contributed by atoms with Gasteiger partial charge in [-0.15, -0.1) is 0 Å². The molecule has 1 aliphatic heterocycles. The van der Waals surface area contributed by atoms with Crippen molar-refractivity contribution in [3.63, 3.8) is 0 Å². The van der Waals surface area contributed by atoms with Gasteiger partial charge in [-0.3, -0.25) is 9.69 Å². The molecule has 4 heteroatoms. The molecule has 0 radical (unpaired) electrons. The van der Waals surface area contributed by atoms with Gasteiger partial charge in [0.05, 0.1) is 6.42 Å². The topological polar surface area (TPSA) is 43.8 Å². The van der Waals surface area contributed by atoms with Crippen LogP contribution in [0.4, 0.5) is 0 Å². The van der Waals surface area contributed by atoms with E-state index in [2.05, 4.69) is 30.6 Å². The third kappa shape index (κ3) is 4.18. The summed E-state index contributed by atoms with van der Waals surface area (Å²) in [7, 11) is 0. The molecule has 0 unspecified atom stereocenters. The Kier molecular flexibility index (Phi) is 4.11.